The Labute approximate surface area is 93.6 Å². The third-order valence-corrected chi connectivity index (χ3v) is 3.23. The Kier molecular flexibility index (Phi) is 2.42. The minimum absolute atomic E-state index is 0.220. The minimum atomic E-state index is -0.504. The van der Waals surface area contributed by atoms with E-state index in [1.54, 1.807) is 6.07 Å². The summed E-state index contributed by atoms with van der Waals surface area (Å²) in [6, 6.07) is 4.77. The Bertz CT molecular complexity index is 402. The van der Waals surface area contributed by atoms with Crippen LogP contribution in [0, 0.1) is 5.82 Å². The van der Waals surface area contributed by atoms with Gasteiger partial charge in [0.2, 0.25) is 0 Å². The summed E-state index contributed by atoms with van der Waals surface area (Å²) in [6.45, 7) is 2.54. The summed E-state index contributed by atoms with van der Waals surface area (Å²) in [7, 11) is 0. The Balaban J connectivity index is 1.86. The fraction of sp³-hybridized carbons (Fsp3) is 0.500. The van der Waals surface area contributed by atoms with Crippen LogP contribution in [0.4, 0.5) is 4.39 Å². The first-order valence-corrected chi connectivity index (χ1v) is 5.53. The van der Waals surface area contributed by atoms with E-state index in [0.717, 1.165) is 24.1 Å². The molecule has 1 aromatic carbocycles. The molecule has 1 unspecified atom stereocenters. The average molecular weight is 223 g/mol. The Hall–Kier alpha value is -0.970. The topological polar surface area (TPSA) is 30.5 Å². The maximum absolute atomic E-state index is 13.1. The molecule has 1 aromatic rings. The second kappa shape index (κ2) is 3.80. The van der Waals surface area contributed by atoms with Gasteiger partial charge in [0, 0.05) is 19.5 Å². The highest BCUT2D eigenvalue weighted by molar-refractivity contribution is 5.27. The van der Waals surface area contributed by atoms with Gasteiger partial charge in [0.1, 0.15) is 5.82 Å². The summed E-state index contributed by atoms with van der Waals surface area (Å²) in [5.74, 6) is -0.724. The van der Waals surface area contributed by atoms with E-state index in [-0.39, 0.29) is 5.82 Å². The number of fused-ring (bicyclic) bond motifs is 1. The maximum Gasteiger partial charge on any atom is 0.182 e. The van der Waals surface area contributed by atoms with Crippen molar-refractivity contribution in [3.8, 4) is 0 Å². The average Bonchev–Trinajstić information content (AvgIpc) is 2.66. The molecule has 2 aliphatic heterocycles. The monoisotopic (exact) mass is 223 g/mol. The zero-order valence-corrected chi connectivity index (χ0v) is 8.96. The van der Waals surface area contributed by atoms with Gasteiger partial charge in [-0.25, -0.2) is 4.39 Å². The van der Waals surface area contributed by atoms with Crippen LogP contribution in [0.15, 0.2) is 18.2 Å². The number of halogens is 1. The van der Waals surface area contributed by atoms with Crippen LogP contribution >= 0.6 is 0 Å². The molecule has 0 aliphatic carbocycles. The normalized spacial score (nSPS) is 29.1. The van der Waals surface area contributed by atoms with Gasteiger partial charge >= 0.3 is 0 Å². The van der Waals surface area contributed by atoms with Crippen LogP contribution in [0.2, 0.25) is 0 Å². The molecule has 1 saturated heterocycles. The smallest absolute Gasteiger partial charge is 0.182 e. The van der Waals surface area contributed by atoms with Crippen LogP contribution in [0.3, 0.4) is 0 Å². The molecule has 0 radical (unpaired) electrons. The van der Waals surface area contributed by atoms with Crippen LogP contribution < -0.4 is 5.32 Å². The van der Waals surface area contributed by atoms with Crippen LogP contribution in [-0.2, 0) is 22.7 Å². The molecule has 0 bridgehead atoms. The number of benzene rings is 1. The number of hydrogen-bond acceptors (Lipinski definition) is 3. The zero-order chi connectivity index (χ0) is 11.0. The highest BCUT2D eigenvalue weighted by Crippen LogP contribution is 2.29. The molecule has 1 atom stereocenters. The molecule has 4 heteroatoms. The van der Waals surface area contributed by atoms with Crippen LogP contribution in [0.5, 0.6) is 0 Å². The highest BCUT2D eigenvalue weighted by Gasteiger charge is 2.37. The van der Waals surface area contributed by atoms with E-state index in [1.165, 1.54) is 12.1 Å². The van der Waals surface area contributed by atoms with Crippen LogP contribution in [0.25, 0.3) is 0 Å². The van der Waals surface area contributed by atoms with Gasteiger partial charge in [0.05, 0.1) is 13.2 Å². The van der Waals surface area contributed by atoms with Crippen molar-refractivity contribution in [3.63, 3.8) is 0 Å². The second-order valence-electron chi connectivity index (χ2n) is 4.33. The molecule has 86 valence electrons. The van der Waals surface area contributed by atoms with E-state index in [0.29, 0.717) is 19.8 Å². The third-order valence-electron chi connectivity index (χ3n) is 3.23. The molecule has 1 N–H and O–H groups in total. The molecule has 3 nitrogen and oxygen atoms in total. The minimum Gasteiger partial charge on any atom is -0.344 e. The lowest BCUT2D eigenvalue weighted by molar-refractivity contribution is -0.230. The van der Waals surface area contributed by atoms with Crippen LogP contribution in [0.1, 0.15) is 17.5 Å². The van der Waals surface area contributed by atoms with Crippen molar-refractivity contribution in [1.29, 1.82) is 0 Å². The van der Waals surface area contributed by atoms with Gasteiger partial charge in [0.25, 0.3) is 0 Å². The Morgan fingerprint density at radius 3 is 2.75 bits per heavy atom. The van der Waals surface area contributed by atoms with Gasteiger partial charge in [-0.2, -0.15) is 0 Å². The largest absolute Gasteiger partial charge is 0.344 e. The second-order valence-corrected chi connectivity index (χ2v) is 4.33. The van der Waals surface area contributed by atoms with Gasteiger partial charge in [-0.15, -0.1) is 0 Å². The Morgan fingerprint density at radius 1 is 1.19 bits per heavy atom. The number of hydrogen-bond donors (Lipinski definition) is 1. The number of nitrogens with one attached hydrogen (secondary N) is 1. The summed E-state index contributed by atoms with van der Waals surface area (Å²) >= 11 is 0. The molecule has 1 fully saturated rings. The van der Waals surface area contributed by atoms with E-state index in [2.05, 4.69) is 5.32 Å². The summed E-state index contributed by atoms with van der Waals surface area (Å²) in [5.41, 5.74) is 1.91. The fourth-order valence-corrected chi connectivity index (χ4v) is 2.22. The molecule has 0 amide bonds. The lowest BCUT2D eigenvalue weighted by Crippen LogP contribution is -2.36. The molecule has 16 heavy (non-hydrogen) atoms. The van der Waals surface area contributed by atoms with E-state index in [9.17, 15) is 4.39 Å². The fourth-order valence-electron chi connectivity index (χ4n) is 2.22. The van der Waals surface area contributed by atoms with Crippen molar-refractivity contribution >= 4 is 0 Å². The summed E-state index contributed by atoms with van der Waals surface area (Å²) in [5, 5.41) is 3.22. The van der Waals surface area contributed by atoms with E-state index in [4.69, 9.17) is 9.47 Å². The first-order chi connectivity index (χ1) is 7.77. The van der Waals surface area contributed by atoms with Gasteiger partial charge in [-0.05, 0) is 23.3 Å². The molecular formula is C12H14FNO2. The van der Waals surface area contributed by atoms with Crippen molar-refractivity contribution in [2.45, 2.75) is 25.4 Å². The van der Waals surface area contributed by atoms with E-state index < -0.39 is 5.79 Å². The zero-order valence-electron chi connectivity index (χ0n) is 8.96. The van der Waals surface area contributed by atoms with Crippen molar-refractivity contribution in [1.82, 2.24) is 5.32 Å². The molecular weight excluding hydrogens is 209 g/mol. The molecule has 0 aromatic heterocycles. The summed E-state index contributed by atoms with van der Waals surface area (Å²) in [6.07, 6.45) is 0.851. The molecule has 2 aliphatic rings. The molecule has 2 heterocycles. The summed E-state index contributed by atoms with van der Waals surface area (Å²) in [4.78, 5) is 0. The molecule has 3 rings (SSSR count). The van der Waals surface area contributed by atoms with Gasteiger partial charge in [0.15, 0.2) is 5.79 Å². The third kappa shape index (κ3) is 1.73. The van der Waals surface area contributed by atoms with E-state index in [1.807, 2.05) is 0 Å². The predicted octanol–water partition coefficient (Wildman–Crippen LogP) is 1.56. The van der Waals surface area contributed by atoms with Crippen molar-refractivity contribution < 1.29 is 13.9 Å². The van der Waals surface area contributed by atoms with Crippen molar-refractivity contribution in [2.24, 2.45) is 0 Å². The lowest BCUT2D eigenvalue weighted by Gasteiger charge is -2.26. The van der Waals surface area contributed by atoms with Crippen molar-refractivity contribution in [2.75, 3.05) is 13.1 Å². The molecule has 1 spiro atoms. The summed E-state index contributed by atoms with van der Waals surface area (Å²) < 4.78 is 24.7. The Morgan fingerprint density at radius 2 is 2.00 bits per heavy atom. The number of rotatable bonds is 0. The van der Waals surface area contributed by atoms with E-state index >= 15 is 0 Å². The number of ether oxygens (including phenoxy) is 2. The quantitative estimate of drug-likeness (QED) is 0.724. The first kappa shape index (κ1) is 10.2. The standard InChI is InChI=1S/C12H14FNO2/c13-11-2-1-9-6-15-12(3-4-14-8-12)16-7-10(9)5-11/h1-2,5,14H,3-4,6-8H2. The maximum atomic E-state index is 13.1. The SMILES string of the molecule is Fc1ccc2c(c1)COC1(CCNC1)OC2. The predicted molar refractivity (Wildman–Crippen MR) is 56.2 cm³/mol. The van der Waals surface area contributed by atoms with Gasteiger partial charge in [-0.1, -0.05) is 6.07 Å². The first-order valence-electron chi connectivity index (χ1n) is 5.53. The lowest BCUT2D eigenvalue weighted by atomic mass is 10.1. The molecule has 0 saturated carbocycles. The highest BCUT2D eigenvalue weighted by atomic mass is 19.1. The van der Waals surface area contributed by atoms with Crippen LogP contribution in [-0.4, -0.2) is 18.9 Å². The van der Waals surface area contributed by atoms with Gasteiger partial charge in [-0.3, -0.25) is 0 Å². The van der Waals surface area contributed by atoms with Crippen molar-refractivity contribution in [3.05, 3.63) is 35.1 Å². The van der Waals surface area contributed by atoms with Gasteiger partial charge < -0.3 is 14.8 Å².